The number of carbonyl (C=O) groups is 2. The number of nitrogens with one attached hydrogen (secondary N) is 3. The third-order valence-corrected chi connectivity index (χ3v) is 3.99. The molecule has 0 aliphatic heterocycles. The quantitative estimate of drug-likeness (QED) is 0.509. The zero-order valence-electron chi connectivity index (χ0n) is 16.5. The van der Waals surface area contributed by atoms with Crippen molar-refractivity contribution in [1.82, 2.24) is 20.3 Å². The van der Waals surface area contributed by atoms with Gasteiger partial charge in [0.25, 0.3) is 5.91 Å². The van der Waals surface area contributed by atoms with E-state index in [2.05, 4.69) is 32.2 Å². The van der Waals surface area contributed by atoms with E-state index < -0.39 is 23.3 Å². The summed E-state index contributed by atoms with van der Waals surface area (Å²) in [5.41, 5.74) is -0.721. The van der Waals surface area contributed by atoms with Gasteiger partial charge in [0.1, 0.15) is 11.3 Å². The fourth-order valence-electron chi connectivity index (χ4n) is 2.68. The maximum atomic E-state index is 13.2. The van der Waals surface area contributed by atoms with Crippen LogP contribution in [0, 0.1) is 0 Å². The number of H-pyrrole nitrogens is 1. The van der Waals surface area contributed by atoms with Crippen molar-refractivity contribution in [3.8, 4) is 11.6 Å². The molecule has 2 amide bonds. The summed E-state index contributed by atoms with van der Waals surface area (Å²) in [6, 6.07) is 2.78. The van der Waals surface area contributed by atoms with E-state index in [-0.39, 0.29) is 34.7 Å². The Morgan fingerprint density at radius 3 is 2.68 bits per heavy atom. The maximum Gasteiger partial charge on any atom is 0.418 e. The SMILES string of the molecule is C=CC(=O)Nc1cc(Oc2cnc3[nH]cc(C(=O)NC(C)C)c3n2)ccc1C(F)(F)F. The third-order valence-electron chi connectivity index (χ3n) is 3.99. The number of nitrogens with zero attached hydrogens (tertiary/aromatic N) is 2. The molecule has 0 aliphatic carbocycles. The van der Waals surface area contributed by atoms with Gasteiger partial charge in [0, 0.05) is 18.3 Å². The Labute approximate surface area is 174 Å². The number of fused-ring (bicyclic) bond motifs is 1. The van der Waals surface area contributed by atoms with Crippen LogP contribution in [0.5, 0.6) is 11.6 Å². The predicted octanol–water partition coefficient (Wildman–Crippen LogP) is 4.03. The molecule has 11 heteroatoms. The topological polar surface area (TPSA) is 109 Å². The van der Waals surface area contributed by atoms with Crippen molar-refractivity contribution in [3.63, 3.8) is 0 Å². The molecule has 1 aromatic carbocycles. The molecule has 31 heavy (non-hydrogen) atoms. The Kier molecular flexibility index (Phi) is 5.95. The number of alkyl halides is 3. The van der Waals surface area contributed by atoms with Crippen molar-refractivity contribution in [2.45, 2.75) is 26.1 Å². The molecule has 0 aliphatic rings. The van der Waals surface area contributed by atoms with Crippen LogP contribution in [0.1, 0.15) is 29.8 Å². The van der Waals surface area contributed by atoms with Crippen LogP contribution >= 0.6 is 0 Å². The van der Waals surface area contributed by atoms with Crippen LogP contribution in [0.2, 0.25) is 0 Å². The number of benzene rings is 1. The lowest BCUT2D eigenvalue weighted by Gasteiger charge is -2.14. The van der Waals surface area contributed by atoms with Crippen LogP contribution in [0.25, 0.3) is 11.2 Å². The molecule has 3 N–H and O–H groups in total. The van der Waals surface area contributed by atoms with E-state index >= 15 is 0 Å². The average Bonchev–Trinajstić information content (AvgIpc) is 3.10. The summed E-state index contributed by atoms with van der Waals surface area (Å²) in [6.07, 6.45) is -1.14. The molecule has 3 aromatic rings. The number of aromatic nitrogens is 3. The summed E-state index contributed by atoms with van der Waals surface area (Å²) in [4.78, 5) is 35.0. The number of hydrogen-bond donors (Lipinski definition) is 3. The van der Waals surface area contributed by atoms with Crippen LogP contribution in [-0.2, 0) is 11.0 Å². The van der Waals surface area contributed by atoms with Crippen molar-refractivity contribution in [2.75, 3.05) is 5.32 Å². The summed E-state index contributed by atoms with van der Waals surface area (Å²) in [5, 5.41) is 4.85. The Bertz CT molecular complexity index is 1150. The average molecular weight is 433 g/mol. The fraction of sp³-hybridized carbons (Fsp3) is 0.200. The highest BCUT2D eigenvalue weighted by Crippen LogP contribution is 2.37. The van der Waals surface area contributed by atoms with E-state index in [4.69, 9.17) is 4.74 Å². The van der Waals surface area contributed by atoms with Crippen molar-refractivity contribution < 1.29 is 27.5 Å². The van der Waals surface area contributed by atoms with Gasteiger partial charge in [0.2, 0.25) is 11.8 Å². The van der Waals surface area contributed by atoms with Gasteiger partial charge in [0.05, 0.1) is 23.0 Å². The van der Waals surface area contributed by atoms with Gasteiger partial charge in [-0.1, -0.05) is 6.58 Å². The Morgan fingerprint density at radius 2 is 2.03 bits per heavy atom. The van der Waals surface area contributed by atoms with E-state index in [0.29, 0.717) is 5.65 Å². The van der Waals surface area contributed by atoms with E-state index in [9.17, 15) is 22.8 Å². The summed E-state index contributed by atoms with van der Waals surface area (Å²) in [7, 11) is 0. The van der Waals surface area contributed by atoms with E-state index in [1.165, 1.54) is 12.4 Å². The predicted molar refractivity (Wildman–Crippen MR) is 107 cm³/mol. The standard InChI is InChI=1S/C20H18F3N5O3/c1-4-15(29)27-14-7-11(5-6-13(14)20(21,22)23)31-16-9-25-18-17(28-16)12(8-24-18)19(30)26-10(2)3/h4-10H,1H2,2-3H3,(H,24,25)(H,26,30)(H,27,29). The van der Waals surface area contributed by atoms with Gasteiger partial charge >= 0.3 is 6.18 Å². The minimum absolute atomic E-state index is 0.0234. The van der Waals surface area contributed by atoms with E-state index in [1.54, 1.807) is 13.8 Å². The van der Waals surface area contributed by atoms with Gasteiger partial charge in [-0.25, -0.2) is 9.97 Å². The third kappa shape index (κ3) is 5.00. The van der Waals surface area contributed by atoms with Gasteiger partial charge in [-0.15, -0.1) is 0 Å². The van der Waals surface area contributed by atoms with E-state index in [1.807, 2.05) is 0 Å². The van der Waals surface area contributed by atoms with Gasteiger partial charge in [-0.3, -0.25) is 9.59 Å². The monoisotopic (exact) mass is 433 g/mol. The summed E-state index contributed by atoms with van der Waals surface area (Å²) in [6.45, 7) is 6.84. The summed E-state index contributed by atoms with van der Waals surface area (Å²) in [5.74, 6) is -1.25. The van der Waals surface area contributed by atoms with Crippen LogP contribution in [0.4, 0.5) is 18.9 Å². The maximum absolute atomic E-state index is 13.2. The first-order chi connectivity index (χ1) is 14.6. The lowest BCUT2D eigenvalue weighted by Crippen LogP contribution is -2.29. The highest BCUT2D eigenvalue weighted by atomic mass is 19.4. The lowest BCUT2D eigenvalue weighted by molar-refractivity contribution is -0.137. The van der Waals surface area contributed by atoms with Gasteiger partial charge in [0.15, 0.2) is 5.65 Å². The first kappa shape index (κ1) is 21.8. The smallest absolute Gasteiger partial charge is 0.418 e. The van der Waals surface area contributed by atoms with Crippen LogP contribution < -0.4 is 15.4 Å². The zero-order chi connectivity index (χ0) is 22.8. The van der Waals surface area contributed by atoms with Crippen molar-refractivity contribution in [2.24, 2.45) is 0 Å². The van der Waals surface area contributed by atoms with Crippen molar-refractivity contribution in [3.05, 3.63) is 54.4 Å². The zero-order valence-corrected chi connectivity index (χ0v) is 16.5. The lowest BCUT2D eigenvalue weighted by atomic mass is 10.1. The highest BCUT2D eigenvalue weighted by Gasteiger charge is 2.34. The molecule has 0 unspecified atom stereocenters. The van der Waals surface area contributed by atoms with Crippen LogP contribution in [-0.4, -0.2) is 32.8 Å². The molecule has 8 nitrogen and oxygen atoms in total. The second-order valence-electron chi connectivity index (χ2n) is 6.74. The second kappa shape index (κ2) is 8.46. The van der Waals surface area contributed by atoms with Gasteiger partial charge < -0.3 is 20.4 Å². The molecular formula is C20H18F3N5O3. The number of amides is 2. The largest absolute Gasteiger partial charge is 0.437 e. The van der Waals surface area contributed by atoms with E-state index in [0.717, 1.165) is 24.3 Å². The molecular weight excluding hydrogens is 415 g/mol. The minimum Gasteiger partial charge on any atom is -0.437 e. The van der Waals surface area contributed by atoms with Gasteiger partial charge in [-0.05, 0) is 32.1 Å². The summed E-state index contributed by atoms with van der Waals surface area (Å²) < 4.78 is 45.2. The number of carbonyl (C=O) groups excluding carboxylic acids is 2. The van der Waals surface area contributed by atoms with Gasteiger partial charge in [-0.2, -0.15) is 13.2 Å². The molecule has 3 rings (SSSR count). The Morgan fingerprint density at radius 1 is 1.29 bits per heavy atom. The van der Waals surface area contributed by atoms with Crippen molar-refractivity contribution in [1.29, 1.82) is 0 Å². The number of ether oxygens (including phenoxy) is 1. The van der Waals surface area contributed by atoms with Crippen LogP contribution in [0.3, 0.4) is 0 Å². The first-order valence-corrected chi connectivity index (χ1v) is 9.06. The molecule has 0 saturated heterocycles. The molecule has 2 heterocycles. The second-order valence-corrected chi connectivity index (χ2v) is 6.74. The Hall–Kier alpha value is -3.89. The number of halogens is 3. The molecule has 162 valence electrons. The van der Waals surface area contributed by atoms with Crippen molar-refractivity contribution >= 4 is 28.7 Å². The molecule has 0 fully saturated rings. The Balaban J connectivity index is 1.94. The highest BCUT2D eigenvalue weighted by molar-refractivity contribution is 6.04. The molecule has 0 radical (unpaired) electrons. The minimum atomic E-state index is -4.69. The first-order valence-electron chi connectivity index (χ1n) is 9.06. The molecule has 2 aromatic heterocycles. The number of hydrogen-bond acceptors (Lipinski definition) is 5. The molecule has 0 spiro atoms. The fourth-order valence-corrected chi connectivity index (χ4v) is 2.68. The molecule has 0 bridgehead atoms. The molecule has 0 atom stereocenters. The normalized spacial score (nSPS) is 11.4. The number of anilines is 1. The molecule has 0 saturated carbocycles. The number of rotatable bonds is 6. The van der Waals surface area contributed by atoms with Crippen LogP contribution in [0.15, 0.2) is 43.2 Å². The number of aromatic amines is 1. The summed E-state index contributed by atoms with van der Waals surface area (Å²) >= 11 is 0.